The molecule has 0 amide bonds. The van der Waals surface area contributed by atoms with E-state index in [2.05, 4.69) is 6.58 Å². The molecular weight excluding hydrogens is 420 g/mol. The first-order valence-electron chi connectivity index (χ1n) is 11.5. The lowest BCUT2D eigenvalue weighted by Crippen LogP contribution is -2.31. The van der Waals surface area contributed by atoms with Crippen molar-refractivity contribution in [3.63, 3.8) is 0 Å². The van der Waals surface area contributed by atoms with E-state index in [-0.39, 0.29) is 31.8 Å². The molecule has 194 valence electrons. The van der Waals surface area contributed by atoms with Gasteiger partial charge in [-0.1, -0.05) is 13.0 Å². The molecule has 0 saturated heterocycles. The summed E-state index contributed by atoms with van der Waals surface area (Å²) >= 11 is 0. The van der Waals surface area contributed by atoms with Gasteiger partial charge in [-0.15, -0.1) is 6.58 Å². The Labute approximate surface area is 193 Å². The van der Waals surface area contributed by atoms with Crippen LogP contribution in [0, 0.1) is 5.41 Å². The summed E-state index contributed by atoms with van der Waals surface area (Å²) in [5.74, 6) is 0. The highest BCUT2D eigenvalue weighted by atomic mass is 16.5. The van der Waals surface area contributed by atoms with E-state index < -0.39 is 24.4 Å². The molecule has 0 rings (SSSR count). The predicted molar refractivity (Wildman–Crippen MR) is 123 cm³/mol. The second-order valence-corrected chi connectivity index (χ2v) is 8.32. The van der Waals surface area contributed by atoms with Gasteiger partial charge in [-0.3, -0.25) is 0 Å². The van der Waals surface area contributed by atoms with Crippen molar-refractivity contribution >= 4 is 0 Å². The highest BCUT2D eigenvalue weighted by molar-refractivity contribution is 4.85. The molecule has 32 heavy (non-hydrogen) atoms. The molecule has 0 fully saturated rings. The summed E-state index contributed by atoms with van der Waals surface area (Å²) in [6.45, 7) is 6.20. The molecule has 0 aliphatic carbocycles. The quantitative estimate of drug-likeness (QED) is 0.125. The zero-order valence-electron chi connectivity index (χ0n) is 19.9. The largest absolute Gasteiger partial charge is 0.396 e. The van der Waals surface area contributed by atoms with E-state index >= 15 is 0 Å². The molecule has 5 unspecified atom stereocenters. The van der Waals surface area contributed by atoms with E-state index in [1.807, 2.05) is 6.92 Å². The number of allylic oxidation sites excluding steroid dienone is 1. The summed E-state index contributed by atoms with van der Waals surface area (Å²) in [6, 6.07) is 0. The van der Waals surface area contributed by atoms with Crippen molar-refractivity contribution in [1.82, 2.24) is 0 Å². The van der Waals surface area contributed by atoms with Gasteiger partial charge in [0.25, 0.3) is 0 Å². The SMILES string of the molecule is C=CCC(CC)(CO)COCC(O)CCCC(O)CO.COCC(O)CCCC(O)CO. The predicted octanol–water partition coefficient (Wildman–Crippen LogP) is 0.369. The average molecular weight is 469 g/mol. The van der Waals surface area contributed by atoms with Crippen LogP contribution in [0.4, 0.5) is 0 Å². The molecule has 0 saturated carbocycles. The van der Waals surface area contributed by atoms with Gasteiger partial charge in [-0.05, 0) is 51.4 Å². The van der Waals surface area contributed by atoms with Gasteiger partial charge >= 0.3 is 0 Å². The molecule has 7 N–H and O–H groups in total. The maximum Gasteiger partial charge on any atom is 0.0773 e. The maximum absolute atomic E-state index is 9.76. The van der Waals surface area contributed by atoms with E-state index in [0.717, 1.165) is 6.42 Å². The van der Waals surface area contributed by atoms with Crippen LogP contribution in [-0.4, -0.2) is 107 Å². The molecule has 5 atom stereocenters. The molecular formula is C23H48O9. The van der Waals surface area contributed by atoms with Crippen molar-refractivity contribution in [2.75, 3.05) is 46.8 Å². The van der Waals surface area contributed by atoms with Crippen LogP contribution in [0.1, 0.15) is 58.3 Å². The first kappa shape index (κ1) is 33.6. The van der Waals surface area contributed by atoms with Gasteiger partial charge < -0.3 is 45.2 Å². The first-order valence-corrected chi connectivity index (χ1v) is 11.5. The van der Waals surface area contributed by atoms with Gasteiger partial charge in [0.05, 0.1) is 64.1 Å². The summed E-state index contributed by atoms with van der Waals surface area (Å²) < 4.78 is 10.2. The average Bonchev–Trinajstić information content (AvgIpc) is 2.78. The Morgan fingerprint density at radius 2 is 1.28 bits per heavy atom. The van der Waals surface area contributed by atoms with E-state index in [1.165, 1.54) is 7.11 Å². The normalized spacial score (nSPS) is 16.9. The van der Waals surface area contributed by atoms with E-state index in [9.17, 15) is 15.3 Å². The minimum Gasteiger partial charge on any atom is -0.396 e. The van der Waals surface area contributed by atoms with Crippen molar-refractivity contribution in [3.05, 3.63) is 12.7 Å². The van der Waals surface area contributed by atoms with Crippen molar-refractivity contribution in [1.29, 1.82) is 0 Å². The van der Waals surface area contributed by atoms with E-state index in [4.69, 9.17) is 29.9 Å². The fraction of sp³-hybridized carbons (Fsp3) is 0.913. The van der Waals surface area contributed by atoms with Crippen LogP contribution in [0.25, 0.3) is 0 Å². The third-order valence-electron chi connectivity index (χ3n) is 5.31. The Hall–Kier alpha value is -0.620. The lowest BCUT2D eigenvalue weighted by atomic mass is 9.83. The lowest BCUT2D eigenvalue weighted by Gasteiger charge is -2.29. The summed E-state index contributed by atoms with van der Waals surface area (Å²) in [7, 11) is 1.53. The third kappa shape index (κ3) is 18.9. The van der Waals surface area contributed by atoms with Gasteiger partial charge in [0.2, 0.25) is 0 Å². The molecule has 0 heterocycles. The van der Waals surface area contributed by atoms with E-state index in [1.54, 1.807) is 6.08 Å². The van der Waals surface area contributed by atoms with Gasteiger partial charge in [0.1, 0.15) is 0 Å². The van der Waals surface area contributed by atoms with Crippen LogP contribution < -0.4 is 0 Å². The monoisotopic (exact) mass is 468 g/mol. The molecule has 0 aromatic carbocycles. The Balaban J connectivity index is 0. The number of rotatable bonds is 20. The summed E-state index contributed by atoms with van der Waals surface area (Å²) in [5, 5.41) is 63.6. The standard InChI is InChI=1S/C15H30O5.C8H18O4/c1-3-8-15(4-2,11-17)12-20-10-14(19)7-5-6-13(18)9-16;1-12-6-8(11)4-2-3-7(10)5-9/h3,13-14,16-19H,1,4-12H2,2H3;7-11H,2-6H2,1H3. The molecule has 0 spiro atoms. The van der Waals surface area contributed by atoms with Gasteiger partial charge in [-0.2, -0.15) is 0 Å². The smallest absolute Gasteiger partial charge is 0.0773 e. The van der Waals surface area contributed by atoms with Crippen LogP contribution in [0.5, 0.6) is 0 Å². The number of hydrogen-bond acceptors (Lipinski definition) is 9. The Kier molecular flexibility index (Phi) is 23.3. The first-order chi connectivity index (χ1) is 15.2. The third-order valence-corrected chi connectivity index (χ3v) is 5.31. The summed E-state index contributed by atoms with van der Waals surface area (Å²) in [5.41, 5.74) is -0.311. The number of ether oxygens (including phenoxy) is 2. The highest BCUT2D eigenvalue weighted by Gasteiger charge is 2.26. The molecule has 0 aromatic heterocycles. The second-order valence-electron chi connectivity index (χ2n) is 8.32. The van der Waals surface area contributed by atoms with Crippen molar-refractivity contribution < 1.29 is 45.2 Å². The summed E-state index contributed by atoms with van der Waals surface area (Å²) in [4.78, 5) is 0. The molecule has 0 bridgehead atoms. The molecule has 0 aliphatic heterocycles. The Bertz CT molecular complexity index is 405. The Morgan fingerprint density at radius 3 is 1.66 bits per heavy atom. The zero-order chi connectivity index (χ0) is 24.8. The fourth-order valence-electron chi connectivity index (χ4n) is 2.96. The number of methoxy groups -OCH3 is 1. The number of hydrogen-bond donors (Lipinski definition) is 7. The van der Waals surface area contributed by atoms with Crippen LogP contribution >= 0.6 is 0 Å². The van der Waals surface area contributed by atoms with Gasteiger partial charge in [-0.25, -0.2) is 0 Å². The zero-order valence-corrected chi connectivity index (χ0v) is 19.9. The van der Waals surface area contributed by atoms with Crippen molar-refractivity contribution in [3.8, 4) is 0 Å². The highest BCUT2D eigenvalue weighted by Crippen LogP contribution is 2.26. The molecule has 9 nitrogen and oxygen atoms in total. The minimum atomic E-state index is -0.710. The van der Waals surface area contributed by atoms with Crippen molar-refractivity contribution in [2.45, 2.75) is 82.7 Å². The maximum atomic E-state index is 9.76. The van der Waals surface area contributed by atoms with Crippen LogP contribution in [0.15, 0.2) is 12.7 Å². The van der Waals surface area contributed by atoms with Gasteiger partial charge in [0.15, 0.2) is 0 Å². The lowest BCUT2D eigenvalue weighted by molar-refractivity contribution is -0.0314. The van der Waals surface area contributed by atoms with Crippen molar-refractivity contribution in [2.24, 2.45) is 5.41 Å². The second kappa shape index (κ2) is 22.2. The minimum absolute atomic E-state index is 0.0360. The molecule has 0 aromatic rings. The number of aliphatic hydroxyl groups excluding tert-OH is 7. The van der Waals surface area contributed by atoms with Gasteiger partial charge in [0, 0.05) is 12.5 Å². The number of aliphatic hydroxyl groups is 7. The summed E-state index contributed by atoms with van der Waals surface area (Å²) in [6.07, 6.45) is 4.29. The van der Waals surface area contributed by atoms with E-state index in [0.29, 0.717) is 58.2 Å². The van der Waals surface area contributed by atoms with Crippen LogP contribution in [-0.2, 0) is 9.47 Å². The molecule has 9 heteroatoms. The van der Waals surface area contributed by atoms with Crippen LogP contribution in [0.2, 0.25) is 0 Å². The topological polar surface area (TPSA) is 160 Å². The molecule has 0 aliphatic rings. The van der Waals surface area contributed by atoms with Crippen LogP contribution in [0.3, 0.4) is 0 Å². The molecule has 0 radical (unpaired) electrons. The fourth-order valence-corrected chi connectivity index (χ4v) is 2.96. The Morgan fingerprint density at radius 1 is 0.812 bits per heavy atom.